The molecule has 0 radical (unpaired) electrons. The molecule has 0 unspecified atom stereocenters. The molecule has 1 heterocycles. The summed E-state index contributed by atoms with van der Waals surface area (Å²) in [4.78, 5) is 13.5. The van der Waals surface area contributed by atoms with Crippen molar-refractivity contribution in [2.45, 2.75) is 44.7 Å². The van der Waals surface area contributed by atoms with Crippen molar-refractivity contribution < 1.29 is 23.1 Å². The Morgan fingerprint density at radius 1 is 1.22 bits per heavy atom. The quantitative estimate of drug-likeness (QED) is 0.741. The summed E-state index contributed by atoms with van der Waals surface area (Å²) in [6, 6.07) is 12.5. The average Bonchev–Trinajstić information content (AvgIpc) is 2.75. The topological polar surface area (TPSA) is 87.2 Å². The van der Waals surface area contributed by atoms with Gasteiger partial charge in [-0.15, -0.1) is 0 Å². The van der Waals surface area contributed by atoms with Gasteiger partial charge in [0.25, 0.3) is 0 Å². The van der Waals surface area contributed by atoms with Crippen LogP contribution in [0.5, 0.6) is 5.75 Å². The summed E-state index contributed by atoms with van der Waals surface area (Å²) in [5, 5.41) is 9.72. The van der Waals surface area contributed by atoms with Crippen molar-refractivity contribution in [2.24, 2.45) is 5.92 Å². The largest absolute Gasteiger partial charge is 0.487 e. The first kappa shape index (κ1) is 24.2. The predicted octanol–water partition coefficient (Wildman–Crippen LogP) is 2.91. The number of nitrogens with zero attached hydrogens (tertiary/aromatic N) is 2. The van der Waals surface area contributed by atoms with Crippen LogP contribution in [0.15, 0.2) is 47.4 Å². The van der Waals surface area contributed by atoms with Gasteiger partial charge in [-0.3, -0.25) is 4.79 Å². The van der Waals surface area contributed by atoms with Crippen LogP contribution in [0.3, 0.4) is 0 Å². The lowest BCUT2D eigenvalue weighted by molar-refractivity contribution is -0.129. The second-order valence-corrected chi connectivity index (χ2v) is 10.5. The fourth-order valence-corrected chi connectivity index (χ4v) is 5.59. The molecule has 7 nitrogen and oxygen atoms in total. The number of aryl methyl sites for hydroxylation is 1. The van der Waals surface area contributed by atoms with E-state index < -0.39 is 22.2 Å². The number of carbonyl (C=O) groups excluding carboxylic acids is 1. The molecule has 3 atom stereocenters. The summed E-state index contributed by atoms with van der Waals surface area (Å²) in [7, 11) is -2.19. The van der Waals surface area contributed by atoms with Crippen LogP contribution in [-0.4, -0.2) is 67.5 Å². The monoisotopic (exact) mass is 460 g/mol. The van der Waals surface area contributed by atoms with Crippen LogP contribution in [0, 0.1) is 12.8 Å². The summed E-state index contributed by atoms with van der Waals surface area (Å²) >= 11 is 0. The van der Waals surface area contributed by atoms with Gasteiger partial charge in [0.1, 0.15) is 16.7 Å². The van der Waals surface area contributed by atoms with Crippen molar-refractivity contribution in [1.82, 2.24) is 9.21 Å². The van der Waals surface area contributed by atoms with Gasteiger partial charge >= 0.3 is 0 Å². The fraction of sp³-hybridized carbons (Fsp3) is 0.458. The number of rotatable bonds is 5. The molecule has 0 aliphatic carbocycles. The zero-order chi connectivity index (χ0) is 23.6. The number of aliphatic hydroxyl groups is 1. The van der Waals surface area contributed by atoms with Gasteiger partial charge in [-0.1, -0.05) is 42.8 Å². The third kappa shape index (κ3) is 4.98. The lowest BCUT2D eigenvalue weighted by atomic mass is 10.0. The zero-order valence-corrected chi connectivity index (χ0v) is 20.1. The van der Waals surface area contributed by atoms with Crippen LogP contribution in [0.4, 0.5) is 0 Å². The number of ether oxygens (including phenoxy) is 1. The van der Waals surface area contributed by atoms with Crippen LogP contribution in [-0.2, 0) is 14.8 Å². The number of sulfonamides is 1. The first-order valence-electron chi connectivity index (χ1n) is 10.8. The molecule has 1 aliphatic heterocycles. The summed E-state index contributed by atoms with van der Waals surface area (Å²) in [5.41, 5.74) is 2.92. The van der Waals surface area contributed by atoms with Gasteiger partial charge in [-0.25, -0.2) is 8.42 Å². The molecule has 1 N–H and O–H groups in total. The van der Waals surface area contributed by atoms with E-state index in [1.165, 1.54) is 11.2 Å². The highest BCUT2D eigenvalue weighted by molar-refractivity contribution is 7.89. The van der Waals surface area contributed by atoms with Crippen molar-refractivity contribution in [2.75, 3.05) is 26.7 Å². The third-order valence-corrected chi connectivity index (χ3v) is 8.06. The average molecular weight is 461 g/mol. The van der Waals surface area contributed by atoms with Gasteiger partial charge in [0.05, 0.1) is 13.2 Å². The SMILES string of the molecule is CC(=O)N(C)C[C@H]1Oc2cc(-c3ccc(C)cc3)ccc2S(=O)(=O)N([C@H](C)CO)C[C@H]1C. The van der Waals surface area contributed by atoms with Crippen LogP contribution in [0.2, 0.25) is 0 Å². The molecule has 2 aromatic carbocycles. The molecule has 1 amide bonds. The Balaban J connectivity index is 2.13. The molecule has 1 aliphatic rings. The Kier molecular flexibility index (Phi) is 7.27. The number of likely N-dealkylation sites (N-methyl/N-ethyl adjacent to an activating group) is 1. The molecule has 2 aromatic rings. The number of hydrogen-bond acceptors (Lipinski definition) is 5. The highest BCUT2D eigenvalue weighted by Gasteiger charge is 2.38. The maximum Gasteiger partial charge on any atom is 0.247 e. The molecule has 174 valence electrons. The van der Waals surface area contributed by atoms with Gasteiger partial charge in [0.15, 0.2) is 0 Å². The maximum absolute atomic E-state index is 13.5. The summed E-state index contributed by atoms with van der Waals surface area (Å²) < 4.78 is 34.7. The standard InChI is InChI=1S/C24H32N2O5S/c1-16-6-8-20(9-7-16)21-10-11-24-22(12-21)31-23(14-25(5)19(4)28)17(2)13-26(18(3)15-27)32(24,29)30/h6-12,17-18,23,27H,13-15H2,1-5H3/t17-,18-,23-/m1/s1. The number of aliphatic hydroxyl groups excluding tert-OH is 1. The van der Waals surface area contributed by atoms with Crippen LogP contribution in [0.1, 0.15) is 26.3 Å². The Hall–Kier alpha value is -2.42. The van der Waals surface area contributed by atoms with E-state index in [4.69, 9.17) is 4.74 Å². The Morgan fingerprint density at radius 2 is 1.84 bits per heavy atom. The first-order valence-corrected chi connectivity index (χ1v) is 12.2. The number of hydrogen-bond donors (Lipinski definition) is 1. The Labute approximate surface area is 190 Å². The molecular weight excluding hydrogens is 428 g/mol. The van der Waals surface area contributed by atoms with Crippen LogP contribution in [0.25, 0.3) is 11.1 Å². The van der Waals surface area contributed by atoms with E-state index in [2.05, 4.69) is 0 Å². The normalized spacial score (nSPS) is 21.6. The minimum Gasteiger partial charge on any atom is -0.487 e. The second-order valence-electron chi connectivity index (χ2n) is 8.67. The van der Waals surface area contributed by atoms with Crippen molar-refractivity contribution in [3.8, 4) is 16.9 Å². The van der Waals surface area contributed by atoms with E-state index >= 15 is 0 Å². The highest BCUT2D eigenvalue weighted by Crippen LogP contribution is 2.36. The predicted molar refractivity (Wildman–Crippen MR) is 124 cm³/mol. The number of benzene rings is 2. The lowest BCUT2D eigenvalue weighted by Gasteiger charge is -2.37. The van der Waals surface area contributed by atoms with Crippen LogP contribution < -0.4 is 4.74 Å². The Bertz CT molecular complexity index is 1070. The molecule has 3 rings (SSSR count). The molecular formula is C24H32N2O5S. The smallest absolute Gasteiger partial charge is 0.247 e. The van der Waals surface area contributed by atoms with E-state index in [1.807, 2.05) is 38.1 Å². The summed E-state index contributed by atoms with van der Waals surface area (Å²) in [5.74, 6) is -0.0480. The van der Waals surface area contributed by atoms with Crippen molar-refractivity contribution in [3.05, 3.63) is 48.0 Å². The van der Waals surface area contributed by atoms with E-state index in [0.717, 1.165) is 16.7 Å². The Morgan fingerprint density at radius 3 is 2.44 bits per heavy atom. The van der Waals surface area contributed by atoms with Crippen LogP contribution >= 0.6 is 0 Å². The maximum atomic E-state index is 13.5. The van der Waals surface area contributed by atoms with Gasteiger partial charge in [0.2, 0.25) is 15.9 Å². The third-order valence-electron chi connectivity index (χ3n) is 6.04. The van der Waals surface area contributed by atoms with Gasteiger partial charge in [-0.2, -0.15) is 4.31 Å². The second kappa shape index (κ2) is 9.60. The van der Waals surface area contributed by atoms with E-state index in [9.17, 15) is 18.3 Å². The molecule has 0 saturated carbocycles. The minimum atomic E-state index is -3.89. The van der Waals surface area contributed by atoms with Crippen molar-refractivity contribution in [3.63, 3.8) is 0 Å². The van der Waals surface area contributed by atoms with E-state index in [0.29, 0.717) is 6.54 Å². The lowest BCUT2D eigenvalue weighted by Crippen LogP contribution is -2.50. The fourth-order valence-electron chi connectivity index (χ4n) is 3.77. The first-order chi connectivity index (χ1) is 15.0. The molecule has 0 bridgehead atoms. The number of fused-ring (bicyclic) bond motifs is 1. The van der Waals surface area contributed by atoms with Gasteiger partial charge < -0.3 is 14.7 Å². The molecule has 0 aromatic heterocycles. The van der Waals surface area contributed by atoms with Crippen molar-refractivity contribution >= 4 is 15.9 Å². The highest BCUT2D eigenvalue weighted by atomic mass is 32.2. The zero-order valence-electron chi connectivity index (χ0n) is 19.3. The molecule has 8 heteroatoms. The number of carbonyl (C=O) groups is 1. The number of amides is 1. The summed E-state index contributed by atoms with van der Waals surface area (Å²) in [6.07, 6.45) is -0.417. The minimum absolute atomic E-state index is 0.0658. The summed E-state index contributed by atoms with van der Waals surface area (Å²) in [6.45, 7) is 7.30. The van der Waals surface area contributed by atoms with Crippen molar-refractivity contribution in [1.29, 1.82) is 0 Å². The molecule has 0 spiro atoms. The van der Waals surface area contributed by atoms with E-state index in [1.54, 1.807) is 37.1 Å². The molecule has 0 fully saturated rings. The van der Waals surface area contributed by atoms with Gasteiger partial charge in [-0.05, 0) is 37.1 Å². The van der Waals surface area contributed by atoms with Gasteiger partial charge in [0, 0.05) is 32.5 Å². The molecule has 32 heavy (non-hydrogen) atoms. The molecule has 0 saturated heterocycles. The van der Waals surface area contributed by atoms with E-state index in [-0.39, 0.29) is 35.6 Å².